The van der Waals surface area contributed by atoms with Gasteiger partial charge >= 0.3 is 0 Å². The maximum absolute atomic E-state index is 13.4. The summed E-state index contributed by atoms with van der Waals surface area (Å²) in [5.74, 6) is 0.125. The normalized spacial score (nSPS) is 17.6. The first-order valence-corrected chi connectivity index (χ1v) is 10.5. The van der Waals surface area contributed by atoms with Gasteiger partial charge in [-0.15, -0.1) is 0 Å². The highest BCUT2D eigenvalue weighted by atomic mass is 16.2. The largest absolute Gasteiger partial charge is 0.355 e. The van der Waals surface area contributed by atoms with Gasteiger partial charge in [0.25, 0.3) is 5.91 Å². The first-order chi connectivity index (χ1) is 14.7. The molecule has 0 spiro atoms. The summed E-state index contributed by atoms with van der Waals surface area (Å²) >= 11 is 0. The average Bonchev–Trinajstić information content (AvgIpc) is 3.16. The van der Waals surface area contributed by atoms with Crippen LogP contribution >= 0.6 is 0 Å². The number of amides is 1. The highest BCUT2D eigenvalue weighted by Crippen LogP contribution is 2.44. The van der Waals surface area contributed by atoms with Gasteiger partial charge in [-0.05, 0) is 42.7 Å². The molecule has 30 heavy (non-hydrogen) atoms. The highest BCUT2D eigenvalue weighted by Gasteiger charge is 2.42. The van der Waals surface area contributed by atoms with Gasteiger partial charge in [0.05, 0.1) is 16.9 Å². The molecule has 1 aromatic heterocycles. The van der Waals surface area contributed by atoms with Crippen LogP contribution < -0.4 is 4.90 Å². The van der Waals surface area contributed by atoms with Crippen molar-refractivity contribution in [2.45, 2.75) is 26.1 Å². The van der Waals surface area contributed by atoms with Gasteiger partial charge in [-0.25, -0.2) is 0 Å². The van der Waals surface area contributed by atoms with Crippen LogP contribution in [0.15, 0.2) is 72.8 Å². The van der Waals surface area contributed by atoms with Gasteiger partial charge in [0.2, 0.25) is 0 Å². The third-order valence-electron chi connectivity index (χ3n) is 6.48. The summed E-state index contributed by atoms with van der Waals surface area (Å²) in [6.07, 6.45) is 0.757. The molecule has 4 aromatic rings. The Kier molecular flexibility index (Phi) is 3.75. The molecule has 6 rings (SSSR count). The van der Waals surface area contributed by atoms with E-state index < -0.39 is 0 Å². The molecule has 3 heterocycles. The Labute approximate surface area is 175 Å². The van der Waals surface area contributed by atoms with Gasteiger partial charge in [-0.1, -0.05) is 60.2 Å². The van der Waals surface area contributed by atoms with Gasteiger partial charge in [-0.2, -0.15) is 0 Å². The van der Waals surface area contributed by atoms with Crippen molar-refractivity contribution in [3.63, 3.8) is 0 Å². The predicted octanol–water partition coefficient (Wildman–Crippen LogP) is 5.19. The molecule has 1 N–H and O–H groups in total. The molecule has 2 aliphatic rings. The summed E-state index contributed by atoms with van der Waals surface area (Å²) in [6, 6.07) is 25.2. The van der Waals surface area contributed by atoms with Gasteiger partial charge in [-0.3, -0.25) is 4.79 Å². The zero-order valence-electron chi connectivity index (χ0n) is 16.9. The van der Waals surface area contributed by atoms with E-state index in [2.05, 4.69) is 71.4 Å². The van der Waals surface area contributed by atoms with Gasteiger partial charge in [0.1, 0.15) is 6.17 Å². The van der Waals surface area contributed by atoms with Crippen molar-refractivity contribution in [1.29, 1.82) is 0 Å². The first-order valence-electron chi connectivity index (χ1n) is 10.5. The second-order valence-corrected chi connectivity index (χ2v) is 8.32. The molecule has 0 aliphatic carbocycles. The number of rotatable bonds is 2. The molecule has 0 bridgehead atoms. The number of hydrogen-bond acceptors (Lipinski definition) is 2. The second kappa shape index (κ2) is 6.49. The Bertz CT molecular complexity index is 1270. The number of fused-ring (bicyclic) bond motifs is 6. The van der Waals surface area contributed by atoms with Crippen LogP contribution in [0.2, 0.25) is 0 Å². The van der Waals surface area contributed by atoms with Crippen LogP contribution in [0.1, 0.15) is 38.9 Å². The van der Waals surface area contributed by atoms with E-state index in [1.54, 1.807) is 0 Å². The molecule has 1 amide bonds. The lowest BCUT2D eigenvalue weighted by atomic mass is 9.95. The van der Waals surface area contributed by atoms with E-state index >= 15 is 0 Å². The van der Waals surface area contributed by atoms with Gasteiger partial charge in [0, 0.05) is 24.0 Å². The van der Waals surface area contributed by atoms with Crippen LogP contribution in [0.3, 0.4) is 0 Å². The number of anilines is 1. The number of carbonyl (C=O) groups is 1. The minimum absolute atomic E-state index is 0.121. The number of H-pyrrole nitrogens is 1. The Morgan fingerprint density at radius 1 is 0.967 bits per heavy atom. The molecule has 4 nitrogen and oxygen atoms in total. The van der Waals surface area contributed by atoms with Crippen molar-refractivity contribution < 1.29 is 4.79 Å². The second-order valence-electron chi connectivity index (χ2n) is 8.32. The molecule has 1 atom stereocenters. The summed E-state index contributed by atoms with van der Waals surface area (Å²) in [4.78, 5) is 21.5. The maximum atomic E-state index is 13.4. The van der Waals surface area contributed by atoms with E-state index in [1.165, 1.54) is 22.1 Å². The van der Waals surface area contributed by atoms with Crippen LogP contribution in [-0.4, -0.2) is 22.3 Å². The molecule has 0 saturated heterocycles. The Hall–Kier alpha value is -3.53. The van der Waals surface area contributed by atoms with E-state index in [-0.39, 0.29) is 12.1 Å². The number of hydrogen-bond donors (Lipinski definition) is 1. The van der Waals surface area contributed by atoms with Gasteiger partial charge in [0.15, 0.2) is 0 Å². The van der Waals surface area contributed by atoms with Crippen LogP contribution in [0.5, 0.6) is 0 Å². The van der Waals surface area contributed by atoms with Crippen LogP contribution in [-0.2, 0) is 13.0 Å². The Morgan fingerprint density at radius 2 is 1.73 bits per heavy atom. The molecule has 4 heteroatoms. The highest BCUT2D eigenvalue weighted by molar-refractivity contribution is 6.02. The van der Waals surface area contributed by atoms with Crippen molar-refractivity contribution in [1.82, 2.24) is 9.88 Å². The summed E-state index contributed by atoms with van der Waals surface area (Å²) < 4.78 is 0. The van der Waals surface area contributed by atoms with Crippen molar-refractivity contribution in [2.75, 3.05) is 11.4 Å². The third-order valence-corrected chi connectivity index (χ3v) is 6.48. The number of aryl methyl sites for hydroxylation is 1. The van der Waals surface area contributed by atoms with E-state index in [0.717, 1.165) is 42.0 Å². The minimum Gasteiger partial charge on any atom is -0.355 e. The van der Waals surface area contributed by atoms with Crippen LogP contribution in [0, 0.1) is 6.92 Å². The van der Waals surface area contributed by atoms with E-state index in [4.69, 9.17) is 0 Å². The zero-order chi connectivity index (χ0) is 20.2. The Morgan fingerprint density at radius 3 is 2.60 bits per heavy atom. The molecule has 2 aliphatic heterocycles. The average molecular weight is 393 g/mol. The SMILES string of the molecule is Cc1ccc(CN2c3ccccc3C(=O)N3CCc4c([nH]c5ccccc45)C32)cc1. The molecular weight excluding hydrogens is 370 g/mol. The van der Waals surface area contributed by atoms with Crippen LogP contribution in [0.4, 0.5) is 5.69 Å². The van der Waals surface area contributed by atoms with E-state index in [0.29, 0.717) is 0 Å². The number of nitrogens with one attached hydrogen (secondary N) is 1. The van der Waals surface area contributed by atoms with Crippen molar-refractivity contribution in [3.05, 3.63) is 101 Å². The molecule has 0 saturated carbocycles. The molecule has 0 fully saturated rings. The quantitative estimate of drug-likeness (QED) is 0.509. The molecule has 1 unspecified atom stereocenters. The fraction of sp³-hybridized carbons (Fsp3) is 0.192. The summed E-state index contributed by atoms with van der Waals surface area (Å²) in [5.41, 5.74) is 7.94. The summed E-state index contributed by atoms with van der Waals surface area (Å²) in [7, 11) is 0. The standard InChI is InChI=1S/C26H23N3O/c1-17-10-12-18(13-11-17)16-29-23-9-5-3-7-21(23)26(30)28-15-14-20-19-6-2-4-8-22(19)27-24(20)25(28)29/h2-13,25,27H,14-16H2,1H3. The maximum Gasteiger partial charge on any atom is 0.257 e. The smallest absolute Gasteiger partial charge is 0.257 e. The van der Waals surface area contributed by atoms with Crippen LogP contribution in [0.25, 0.3) is 10.9 Å². The fourth-order valence-corrected chi connectivity index (χ4v) is 5.01. The number of nitrogens with zero attached hydrogens (tertiary/aromatic N) is 2. The predicted molar refractivity (Wildman–Crippen MR) is 120 cm³/mol. The van der Waals surface area contributed by atoms with Crippen molar-refractivity contribution in [2.24, 2.45) is 0 Å². The zero-order valence-corrected chi connectivity index (χ0v) is 16.9. The number of aromatic nitrogens is 1. The molecule has 0 radical (unpaired) electrons. The molecular formula is C26H23N3O. The number of benzene rings is 3. The van der Waals surface area contributed by atoms with Gasteiger partial charge < -0.3 is 14.8 Å². The first kappa shape index (κ1) is 17.3. The number of para-hydroxylation sites is 2. The lowest BCUT2D eigenvalue weighted by Gasteiger charge is -2.47. The van der Waals surface area contributed by atoms with Crippen molar-refractivity contribution in [3.8, 4) is 0 Å². The molecule has 3 aromatic carbocycles. The summed E-state index contributed by atoms with van der Waals surface area (Å²) in [6.45, 7) is 3.59. The third kappa shape index (κ3) is 2.50. The lowest BCUT2D eigenvalue weighted by Crippen LogP contribution is -2.52. The number of aromatic amines is 1. The topological polar surface area (TPSA) is 39.3 Å². The monoisotopic (exact) mass is 393 g/mol. The number of carbonyl (C=O) groups excluding carboxylic acids is 1. The summed E-state index contributed by atoms with van der Waals surface area (Å²) in [5, 5.41) is 1.27. The van der Waals surface area contributed by atoms with Crippen molar-refractivity contribution >= 4 is 22.5 Å². The van der Waals surface area contributed by atoms with E-state index in [1.807, 2.05) is 23.1 Å². The Balaban J connectivity index is 1.54. The fourth-order valence-electron chi connectivity index (χ4n) is 5.01. The lowest BCUT2D eigenvalue weighted by molar-refractivity contribution is 0.0625. The van der Waals surface area contributed by atoms with E-state index in [9.17, 15) is 4.79 Å². The minimum atomic E-state index is -0.121. The molecule has 148 valence electrons.